The molecule has 0 fully saturated rings. The van der Waals surface area contributed by atoms with Crippen LogP contribution in [0.4, 0.5) is 0 Å². The van der Waals surface area contributed by atoms with Crippen molar-refractivity contribution in [3.63, 3.8) is 0 Å². The first-order valence-corrected chi connectivity index (χ1v) is 15.3. The minimum absolute atomic E-state index is 0.0624. The summed E-state index contributed by atoms with van der Waals surface area (Å²) in [6.07, 6.45) is 0.0771. The zero-order valence-electron chi connectivity index (χ0n) is 23.1. The van der Waals surface area contributed by atoms with Crippen molar-refractivity contribution in [3.8, 4) is 5.75 Å². The van der Waals surface area contributed by atoms with Gasteiger partial charge in [0.05, 0.1) is 6.61 Å². The standard InChI is InChI=1S/C33H30BrCl2N3O4/c34-28-10-5-4-9-24(28)20-33(32(41)39-37-21-25-11-14-26(35)19-29(25)36)30(22-7-2-1-3-8-22)43-31(38-33)23-12-15-27(16-13-23)42-18-6-17-40/h1-5,7-16,19,30,37,40H,6,17-18,20-21H2,(H,39,41)/t30-,33-/m0/s1. The third-order valence-electron chi connectivity index (χ3n) is 7.05. The van der Waals surface area contributed by atoms with Gasteiger partial charge in [0.15, 0.2) is 11.6 Å². The van der Waals surface area contributed by atoms with Gasteiger partial charge in [0, 0.05) is 46.1 Å². The molecule has 0 saturated heterocycles. The number of amides is 1. The average Bonchev–Trinajstić information content (AvgIpc) is 3.41. The summed E-state index contributed by atoms with van der Waals surface area (Å²) >= 11 is 16.1. The van der Waals surface area contributed by atoms with Gasteiger partial charge in [-0.15, -0.1) is 0 Å². The fraction of sp³-hybridized carbons (Fsp3) is 0.212. The molecule has 1 aliphatic heterocycles. The van der Waals surface area contributed by atoms with E-state index in [0.717, 1.165) is 21.2 Å². The van der Waals surface area contributed by atoms with Crippen molar-refractivity contribution in [2.75, 3.05) is 13.2 Å². The summed E-state index contributed by atoms with van der Waals surface area (Å²) in [6.45, 7) is 0.748. The van der Waals surface area contributed by atoms with E-state index in [1.54, 1.807) is 18.2 Å². The van der Waals surface area contributed by atoms with Crippen LogP contribution in [0.5, 0.6) is 5.75 Å². The van der Waals surface area contributed by atoms with Crippen LogP contribution in [0.25, 0.3) is 0 Å². The second-order valence-electron chi connectivity index (χ2n) is 10.0. The molecule has 0 bridgehead atoms. The number of benzene rings is 4. The highest BCUT2D eigenvalue weighted by molar-refractivity contribution is 9.10. The van der Waals surface area contributed by atoms with Gasteiger partial charge in [-0.05, 0) is 59.2 Å². The molecule has 0 unspecified atom stereocenters. The lowest BCUT2D eigenvalue weighted by Crippen LogP contribution is -2.53. The van der Waals surface area contributed by atoms with Crippen molar-refractivity contribution in [3.05, 3.63) is 134 Å². The molecule has 0 saturated carbocycles. The minimum Gasteiger partial charge on any atom is -0.494 e. The van der Waals surface area contributed by atoms with Crippen molar-refractivity contribution in [2.45, 2.75) is 31.0 Å². The Bertz CT molecular complexity index is 1590. The first-order valence-electron chi connectivity index (χ1n) is 13.8. The molecule has 222 valence electrons. The van der Waals surface area contributed by atoms with Crippen molar-refractivity contribution in [1.82, 2.24) is 10.9 Å². The van der Waals surface area contributed by atoms with Gasteiger partial charge >= 0.3 is 0 Å². The van der Waals surface area contributed by atoms with Crippen LogP contribution >= 0.6 is 39.1 Å². The van der Waals surface area contributed by atoms with Gasteiger partial charge in [-0.1, -0.05) is 93.7 Å². The van der Waals surface area contributed by atoms with Crippen LogP contribution in [0.3, 0.4) is 0 Å². The summed E-state index contributed by atoms with van der Waals surface area (Å²) in [6, 6.07) is 29.9. The molecule has 0 spiro atoms. The number of aliphatic hydroxyl groups is 1. The molecule has 43 heavy (non-hydrogen) atoms. The van der Waals surface area contributed by atoms with Crippen LogP contribution < -0.4 is 15.6 Å². The molecular formula is C33H30BrCl2N3O4. The lowest BCUT2D eigenvalue weighted by atomic mass is 9.82. The predicted octanol–water partition coefficient (Wildman–Crippen LogP) is 6.84. The Labute approximate surface area is 269 Å². The summed E-state index contributed by atoms with van der Waals surface area (Å²) in [7, 11) is 0. The van der Waals surface area contributed by atoms with E-state index in [-0.39, 0.29) is 25.5 Å². The second kappa shape index (κ2) is 14.4. The molecule has 4 aromatic rings. The van der Waals surface area contributed by atoms with E-state index in [1.165, 1.54) is 0 Å². The van der Waals surface area contributed by atoms with Crippen LogP contribution in [0.1, 0.15) is 34.8 Å². The molecule has 1 heterocycles. The highest BCUT2D eigenvalue weighted by Crippen LogP contribution is 2.43. The number of carbonyl (C=O) groups excluding carboxylic acids is 1. The average molecular weight is 683 g/mol. The summed E-state index contributed by atoms with van der Waals surface area (Å²) in [5.41, 5.74) is 7.74. The van der Waals surface area contributed by atoms with E-state index >= 15 is 0 Å². The highest BCUT2D eigenvalue weighted by Gasteiger charge is 2.53. The number of aliphatic imine (C=N–C) groups is 1. The molecule has 7 nitrogen and oxygen atoms in total. The first kappa shape index (κ1) is 31.0. The number of nitrogens with one attached hydrogen (secondary N) is 2. The third kappa shape index (κ3) is 7.40. The topological polar surface area (TPSA) is 92.2 Å². The monoisotopic (exact) mass is 681 g/mol. The Morgan fingerprint density at radius 3 is 2.44 bits per heavy atom. The molecule has 1 aliphatic rings. The number of nitrogens with zero attached hydrogens (tertiary/aromatic N) is 1. The SMILES string of the molecule is O=C(NNCc1ccc(Cl)cc1Cl)[C@@]1(Cc2ccccc2Br)N=C(c2ccc(OCCCO)cc2)O[C@H]1c1ccccc1. The van der Waals surface area contributed by atoms with Crippen molar-refractivity contribution < 1.29 is 19.4 Å². The van der Waals surface area contributed by atoms with Gasteiger partial charge in [0.1, 0.15) is 5.75 Å². The number of hydrazine groups is 1. The zero-order valence-corrected chi connectivity index (χ0v) is 26.2. The zero-order chi connectivity index (χ0) is 30.2. The molecule has 0 aliphatic carbocycles. The van der Waals surface area contributed by atoms with E-state index in [9.17, 15) is 4.79 Å². The predicted molar refractivity (Wildman–Crippen MR) is 172 cm³/mol. The third-order valence-corrected chi connectivity index (χ3v) is 8.41. The lowest BCUT2D eigenvalue weighted by Gasteiger charge is -2.31. The van der Waals surface area contributed by atoms with Gasteiger partial charge in [0.2, 0.25) is 5.90 Å². The van der Waals surface area contributed by atoms with Crippen LogP contribution in [-0.4, -0.2) is 35.7 Å². The summed E-state index contributed by atoms with van der Waals surface area (Å²) in [4.78, 5) is 19.4. The maximum absolute atomic E-state index is 14.3. The van der Waals surface area contributed by atoms with Crippen LogP contribution in [0.15, 0.2) is 107 Å². The van der Waals surface area contributed by atoms with E-state index in [1.807, 2.05) is 78.9 Å². The van der Waals surface area contributed by atoms with Crippen molar-refractivity contribution in [1.29, 1.82) is 0 Å². The molecule has 10 heteroatoms. The number of hydrogen-bond donors (Lipinski definition) is 3. The largest absolute Gasteiger partial charge is 0.494 e. The highest BCUT2D eigenvalue weighted by atomic mass is 79.9. The van der Waals surface area contributed by atoms with Gasteiger partial charge in [-0.2, -0.15) is 0 Å². The Balaban J connectivity index is 1.50. The number of hydrogen-bond acceptors (Lipinski definition) is 6. The summed E-state index contributed by atoms with van der Waals surface area (Å²) < 4.78 is 13.1. The normalized spacial score (nSPS) is 17.7. The molecule has 3 N–H and O–H groups in total. The molecule has 0 radical (unpaired) electrons. The van der Waals surface area contributed by atoms with Crippen LogP contribution in [-0.2, 0) is 22.5 Å². The number of aliphatic hydroxyl groups excluding tert-OH is 1. The van der Waals surface area contributed by atoms with E-state index in [4.69, 9.17) is 42.8 Å². The Kier molecular flexibility index (Phi) is 10.4. The number of rotatable bonds is 12. The molecule has 2 atom stereocenters. The minimum atomic E-state index is -1.37. The van der Waals surface area contributed by atoms with Crippen LogP contribution in [0, 0.1) is 0 Å². The molecule has 5 rings (SSSR count). The first-order chi connectivity index (χ1) is 20.9. The Morgan fingerprint density at radius 2 is 1.72 bits per heavy atom. The van der Waals surface area contributed by atoms with Crippen molar-refractivity contribution in [2.24, 2.45) is 4.99 Å². The summed E-state index contributed by atoms with van der Waals surface area (Å²) in [5.74, 6) is 0.651. The van der Waals surface area contributed by atoms with Crippen molar-refractivity contribution >= 4 is 50.9 Å². The smallest absolute Gasteiger partial charge is 0.266 e. The van der Waals surface area contributed by atoms with Gasteiger partial charge in [-0.3, -0.25) is 10.2 Å². The van der Waals surface area contributed by atoms with Gasteiger partial charge in [0.25, 0.3) is 5.91 Å². The summed E-state index contributed by atoms with van der Waals surface area (Å²) in [5, 5.41) is 10.1. The fourth-order valence-electron chi connectivity index (χ4n) is 4.84. The number of ether oxygens (including phenoxy) is 2. The molecule has 1 amide bonds. The molecule has 4 aromatic carbocycles. The number of carbonyl (C=O) groups is 1. The van der Waals surface area contributed by atoms with Gasteiger partial charge < -0.3 is 14.6 Å². The molecule has 0 aromatic heterocycles. The fourth-order valence-corrected chi connectivity index (χ4v) is 5.74. The quantitative estimate of drug-likeness (QED) is 0.112. The van der Waals surface area contributed by atoms with E-state index in [2.05, 4.69) is 26.8 Å². The van der Waals surface area contributed by atoms with Crippen LogP contribution in [0.2, 0.25) is 10.0 Å². The maximum Gasteiger partial charge on any atom is 0.266 e. The second-order valence-corrected chi connectivity index (χ2v) is 11.7. The number of halogens is 3. The Morgan fingerprint density at radius 1 is 0.977 bits per heavy atom. The maximum atomic E-state index is 14.3. The van der Waals surface area contributed by atoms with E-state index in [0.29, 0.717) is 40.3 Å². The van der Waals surface area contributed by atoms with E-state index < -0.39 is 11.6 Å². The molecular weight excluding hydrogens is 653 g/mol. The lowest BCUT2D eigenvalue weighted by molar-refractivity contribution is -0.130. The van der Waals surface area contributed by atoms with Gasteiger partial charge in [-0.25, -0.2) is 10.4 Å². The Hall–Kier alpha value is -3.40.